The van der Waals surface area contributed by atoms with E-state index in [1.807, 2.05) is 39.7 Å². The van der Waals surface area contributed by atoms with Gasteiger partial charge in [0.2, 0.25) is 0 Å². The first kappa shape index (κ1) is 13.7. The Morgan fingerprint density at radius 1 is 1.47 bits per heavy atom. The second kappa shape index (κ2) is 5.80. The number of nitrogens with zero attached hydrogens (tertiary/aromatic N) is 4. The molecule has 0 saturated carbocycles. The highest BCUT2D eigenvalue weighted by atomic mass is 15.3. The fraction of sp³-hybridized carbons (Fsp3) is 0.667. The second-order valence-electron chi connectivity index (χ2n) is 4.53. The number of hydrogen-bond donors (Lipinski definition) is 1. The van der Waals surface area contributed by atoms with Crippen LogP contribution in [0.1, 0.15) is 23.0 Å². The van der Waals surface area contributed by atoms with Gasteiger partial charge in [0.05, 0.1) is 11.8 Å². The highest BCUT2D eigenvalue weighted by Crippen LogP contribution is 2.20. The third-order valence-electron chi connectivity index (χ3n) is 2.89. The number of likely N-dealkylation sites (N-methyl/N-ethyl adjacent to an activating group) is 1. The third kappa shape index (κ3) is 3.29. The van der Waals surface area contributed by atoms with Crippen LogP contribution in [0, 0.1) is 25.2 Å². The van der Waals surface area contributed by atoms with E-state index in [-0.39, 0.29) is 6.04 Å². The molecule has 1 aromatic heterocycles. The number of hydrogen-bond acceptors (Lipinski definition) is 4. The third-order valence-corrected chi connectivity index (χ3v) is 2.89. The van der Waals surface area contributed by atoms with Crippen molar-refractivity contribution in [2.75, 3.05) is 27.2 Å². The van der Waals surface area contributed by atoms with E-state index in [2.05, 4.69) is 21.4 Å². The molecule has 0 radical (unpaired) electrons. The van der Waals surface area contributed by atoms with Gasteiger partial charge >= 0.3 is 0 Å². The molecule has 1 N–H and O–H groups in total. The molecule has 1 heterocycles. The molecule has 1 rings (SSSR count). The fourth-order valence-electron chi connectivity index (χ4n) is 1.85. The Bertz CT molecular complexity index is 413. The Morgan fingerprint density at radius 2 is 2.12 bits per heavy atom. The number of nitrogens with one attached hydrogen (secondary N) is 1. The van der Waals surface area contributed by atoms with Gasteiger partial charge in [-0.2, -0.15) is 10.4 Å². The van der Waals surface area contributed by atoms with Crippen LogP contribution in [0.25, 0.3) is 0 Å². The van der Waals surface area contributed by atoms with Crippen molar-refractivity contribution < 1.29 is 0 Å². The zero-order chi connectivity index (χ0) is 13.0. The molecule has 17 heavy (non-hydrogen) atoms. The predicted molar refractivity (Wildman–Crippen MR) is 67.6 cm³/mol. The van der Waals surface area contributed by atoms with Crippen molar-refractivity contribution in [1.29, 1.82) is 5.26 Å². The standard InChI is InChI=1S/C12H21N5/c1-9-12(10(2)17(5)15-9)11(8-13)14-6-7-16(3)4/h11,14H,6-7H2,1-5H3. The van der Waals surface area contributed by atoms with E-state index in [9.17, 15) is 5.26 Å². The maximum absolute atomic E-state index is 9.24. The van der Waals surface area contributed by atoms with E-state index in [1.54, 1.807) is 0 Å². The van der Waals surface area contributed by atoms with Gasteiger partial charge in [0.15, 0.2) is 0 Å². The molecule has 0 saturated heterocycles. The van der Waals surface area contributed by atoms with E-state index in [1.165, 1.54) is 0 Å². The summed E-state index contributed by atoms with van der Waals surface area (Å²) in [5.41, 5.74) is 2.98. The molecule has 0 amide bonds. The molecule has 1 atom stereocenters. The molecule has 1 unspecified atom stereocenters. The summed E-state index contributed by atoms with van der Waals surface area (Å²) < 4.78 is 1.82. The lowest BCUT2D eigenvalue weighted by molar-refractivity contribution is 0.394. The van der Waals surface area contributed by atoms with E-state index in [4.69, 9.17) is 0 Å². The van der Waals surface area contributed by atoms with Crippen LogP contribution >= 0.6 is 0 Å². The molecule has 0 bridgehead atoms. The van der Waals surface area contributed by atoms with Crippen molar-refractivity contribution in [2.45, 2.75) is 19.9 Å². The minimum Gasteiger partial charge on any atom is -0.308 e. The van der Waals surface area contributed by atoms with Crippen LogP contribution in [-0.2, 0) is 7.05 Å². The zero-order valence-corrected chi connectivity index (χ0v) is 11.3. The molecule has 0 aromatic carbocycles. The minimum atomic E-state index is -0.274. The van der Waals surface area contributed by atoms with Crippen LogP contribution in [0.3, 0.4) is 0 Å². The first-order valence-corrected chi connectivity index (χ1v) is 5.75. The van der Waals surface area contributed by atoms with Crippen molar-refractivity contribution in [3.05, 3.63) is 17.0 Å². The summed E-state index contributed by atoms with van der Waals surface area (Å²) in [5.74, 6) is 0. The van der Waals surface area contributed by atoms with E-state index >= 15 is 0 Å². The summed E-state index contributed by atoms with van der Waals surface area (Å²) in [6, 6.07) is 2.03. The summed E-state index contributed by atoms with van der Waals surface area (Å²) in [6.45, 7) is 5.64. The lowest BCUT2D eigenvalue weighted by atomic mass is 10.1. The maximum Gasteiger partial charge on any atom is 0.124 e. The van der Waals surface area contributed by atoms with E-state index in [0.29, 0.717) is 0 Å². The molecule has 94 valence electrons. The lowest BCUT2D eigenvalue weighted by Gasteiger charge is -2.14. The first-order chi connectivity index (χ1) is 7.97. The molecular weight excluding hydrogens is 214 g/mol. The van der Waals surface area contributed by atoms with Gasteiger partial charge in [-0.1, -0.05) is 0 Å². The van der Waals surface area contributed by atoms with Crippen molar-refractivity contribution in [2.24, 2.45) is 7.05 Å². The minimum absolute atomic E-state index is 0.274. The van der Waals surface area contributed by atoms with Gasteiger partial charge in [0, 0.05) is 31.4 Å². The van der Waals surface area contributed by atoms with Gasteiger partial charge in [-0.05, 0) is 27.9 Å². The topological polar surface area (TPSA) is 56.9 Å². The summed E-state index contributed by atoms with van der Waals surface area (Å²) in [5, 5.41) is 16.8. The van der Waals surface area contributed by atoms with E-state index < -0.39 is 0 Å². The average Bonchev–Trinajstić information content (AvgIpc) is 2.49. The Balaban J connectivity index is 2.77. The van der Waals surface area contributed by atoms with Gasteiger partial charge in [0.1, 0.15) is 6.04 Å². The highest BCUT2D eigenvalue weighted by molar-refractivity contribution is 5.32. The average molecular weight is 235 g/mol. The summed E-state index contributed by atoms with van der Waals surface area (Å²) in [6.07, 6.45) is 0. The molecule has 5 nitrogen and oxygen atoms in total. The van der Waals surface area contributed by atoms with Crippen LogP contribution in [0.15, 0.2) is 0 Å². The van der Waals surface area contributed by atoms with Crippen molar-refractivity contribution in [3.63, 3.8) is 0 Å². The Morgan fingerprint density at radius 3 is 2.53 bits per heavy atom. The number of aryl methyl sites for hydroxylation is 2. The van der Waals surface area contributed by atoms with Gasteiger partial charge < -0.3 is 4.90 Å². The SMILES string of the molecule is Cc1nn(C)c(C)c1C(C#N)NCCN(C)C. The summed E-state index contributed by atoms with van der Waals surface area (Å²) in [7, 11) is 5.94. The molecular formula is C12H21N5. The quantitative estimate of drug-likeness (QED) is 0.818. The van der Waals surface area contributed by atoms with Gasteiger partial charge in [-0.15, -0.1) is 0 Å². The molecule has 5 heteroatoms. The van der Waals surface area contributed by atoms with Crippen LogP contribution in [-0.4, -0.2) is 41.9 Å². The summed E-state index contributed by atoms with van der Waals surface area (Å²) >= 11 is 0. The fourth-order valence-corrected chi connectivity index (χ4v) is 1.85. The largest absolute Gasteiger partial charge is 0.308 e. The Kier molecular flexibility index (Phi) is 4.67. The van der Waals surface area contributed by atoms with Crippen molar-refractivity contribution in [1.82, 2.24) is 20.0 Å². The maximum atomic E-state index is 9.24. The monoisotopic (exact) mass is 235 g/mol. The smallest absolute Gasteiger partial charge is 0.124 e. The zero-order valence-electron chi connectivity index (χ0n) is 11.3. The first-order valence-electron chi connectivity index (χ1n) is 5.75. The second-order valence-corrected chi connectivity index (χ2v) is 4.53. The molecule has 0 aliphatic heterocycles. The lowest BCUT2D eigenvalue weighted by Crippen LogP contribution is -2.29. The predicted octanol–water partition coefficient (Wildman–Crippen LogP) is 0.753. The van der Waals surface area contributed by atoms with Crippen LogP contribution < -0.4 is 5.32 Å². The number of rotatable bonds is 5. The van der Waals surface area contributed by atoms with Crippen LogP contribution in [0.4, 0.5) is 0 Å². The normalized spacial score (nSPS) is 12.8. The number of aromatic nitrogens is 2. The van der Waals surface area contributed by atoms with Crippen LogP contribution in [0.5, 0.6) is 0 Å². The molecule has 1 aromatic rings. The van der Waals surface area contributed by atoms with Crippen LogP contribution in [0.2, 0.25) is 0 Å². The molecule has 0 aliphatic rings. The van der Waals surface area contributed by atoms with Gasteiger partial charge in [-0.25, -0.2) is 0 Å². The molecule has 0 aliphatic carbocycles. The number of nitriles is 1. The molecule has 0 fully saturated rings. The van der Waals surface area contributed by atoms with Crippen molar-refractivity contribution in [3.8, 4) is 6.07 Å². The van der Waals surface area contributed by atoms with Gasteiger partial charge in [-0.3, -0.25) is 10.00 Å². The van der Waals surface area contributed by atoms with E-state index in [0.717, 1.165) is 30.0 Å². The summed E-state index contributed by atoms with van der Waals surface area (Å²) in [4.78, 5) is 2.09. The van der Waals surface area contributed by atoms with Crippen molar-refractivity contribution >= 4 is 0 Å². The Hall–Kier alpha value is -1.38. The Labute approximate surface area is 103 Å². The highest BCUT2D eigenvalue weighted by Gasteiger charge is 2.19. The molecule has 0 spiro atoms. The van der Waals surface area contributed by atoms with Gasteiger partial charge in [0.25, 0.3) is 0 Å².